The van der Waals surface area contributed by atoms with Crippen LogP contribution in [0.2, 0.25) is 0 Å². The molecule has 0 aliphatic heterocycles. The fourth-order valence-corrected chi connectivity index (χ4v) is 4.37. The predicted molar refractivity (Wildman–Crippen MR) is 102 cm³/mol. The number of nitrogens with zero attached hydrogens (tertiary/aromatic N) is 4. The van der Waals surface area contributed by atoms with Gasteiger partial charge in [0, 0.05) is 11.4 Å². The van der Waals surface area contributed by atoms with Crippen molar-refractivity contribution < 1.29 is 17.7 Å². The lowest BCUT2D eigenvalue weighted by atomic mass is 10.3. The minimum absolute atomic E-state index is 0.0589. The van der Waals surface area contributed by atoms with Crippen LogP contribution in [-0.2, 0) is 14.8 Å². The zero-order chi connectivity index (χ0) is 20.6. The van der Waals surface area contributed by atoms with E-state index in [4.69, 9.17) is 4.52 Å². The molecule has 3 aromatic rings. The third kappa shape index (κ3) is 3.76. The first-order valence-electron chi connectivity index (χ1n) is 8.69. The first-order chi connectivity index (χ1) is 13.1. The molecule has 2 N–H and O–H groups in total. The lowest BCUT2D eigenvalue weighted by molar-refractivity contribution is -0.117. The number of nitrogens with one attached hydrogen (secondary N) is 2. The van der Waals surface area contributed by atoms with Crippen LogP contribution < -0.4 is 10.0 Å². The molecule has 28 heavy (non-hydrogen) atoms. The molecule has 1 amide bonds. The lowest BCUT2D eigenvalue weighted by Crippen LogP contribution is -2.41. The monoisotopic (exact) mass is 406 g/mol. The topological polar surface area (TPSA) is 132 Å². The van der Waals surface area contributed by atoms with Crippen molar-refractivity contribution in [2.24, 2.45) is 0 Å². The third-order valence-corrected chi connectivity index (χ3v) is 5.94. The van der Waals surface area contributed by atoms with Gasteiger partial charge in [-0.2, -0.15) is 9.82 Å². The number of sulfonamides is 1. The molecule has 3 aromatic heterocycles. The van der Waals surface area contributed by atoms with E-state index in [1.807, 2.05) is 13.8 Å². The molecular formula is C17H22N6O4S. The molecule has 0 fully saturated rings. The molecule has 0 bridgehead atoms. The first kappa shape index (κ1) is 20.0. The molecule has 3 heterocycles. The van der Waals surface area contributed by atoms with Gasteiger partial charge in [0.2, 0.25) is 15.9 Å². The summed E-state index contributed by atoms with van der Waals surface area (Å²) in [5.74, 6) is -0.359. The molecule has 150 valence electrons. The summed E-state index contributed by atoms with van der Waals surface area (Å²) in [6, 6.07) is 0.874. The molecule has 0 aromatic carbocycles. The Morgan fingerprint density at radius 2 is 1.93 bits per heavy atom. The second-order valence-electron chi connectivity index (χ2n) is 6.81. The van der Waals surface area contributed by atoms with Crippen molar-refractivity contribution in [2.75, 3.05) is 5.32 Å². The Morgan fingerprint density at radius 1 is 1.21 bits per heavy atom. The summed E-state index contributed by atoms with van der Waals surface area (Å²) >= 11 is 0. The lowest BCUT2D eigenvalue weighted by Gasteiger charge is -2.14. The zero-order valence-corrected chi connectivity index (χ0v) is 17.0. The fraction of sp³-hybridized carbons (Fsp3) is 0.412. The van der Waals surface area contributed by atoms with Crippen LogP contribution in [0.3, 0.4) is 0 Å². The van der Waals surface area contributed by atoms with Gasteiger partial charge in [-0.25, -0.2) is 18.1 Å². The Balaban J connectivity index is 1.75. The molecule has 0 saturated heterocycles. The van der Waals surface area contributed by atoms with Crippen molar-refractivity contribution in [2.45, 2.75) is 51.6 Å². The minimum Gasteiger partial charge on any atom is -0.360 e. The molecule has 0 radical (unpaired) electrons. The van der Waals surface area contributed by atoms with E-state index in [1.54, 1.807) is 16.9 Å². The highest BCUT2D eigenvalue weighted by Crippen LogP contribution is 2.20. The summed E-state index contributed by atoms with van der Waals surface area (Å²) in [5, 5.41) is 11.4. The van der Waals surface area contributed by atoms with Gasteiger partial charge in [-0.1, -0.05) is 5.16 Å². The third-order valence-electron chi connectivity index (χ3n) is 4.15. The number of rotatable bonds is 6. The fourth-order valence-electron chi connectivity index (χ4n) is 2.84. The number of carbonyl (C=O) groups excluding carboxylic acids is 1. The van der Waals surface area contributed by atoms with E-state index in [9.17, 15) is 13.2 Å². The van der Waals surface area contributed by atoms with E-state index < -0.39 is 22.0 Å². The van der Waals surface area contributed by atoms with Crippen molar-refractivity contribution in [1.29, 1.82) is 0 Å². The Labute approximate surface area is 162 Å². The minimum atomic E-state index is -3.95. The highest BCUT2D eigenvalue weighted by atomic mass is 32.2. The summed E-state index contributed by atoms with van der Waals surface area (Å²) in [6.07, 6.45) is 3.18. The average Bonchev–Trinajstić information content (AvgIpc) is 3.17. The number of hydrogen-bond donors (Lipinski definition) is 2. The van der Waals surface area contributed by atoms with Crippen LogP contribution in [0.5, 0.6) is 0 Å². The van der Waals surface area contributed by atoms with Gasteiger partial charge in [0.15, 0.2) is 11.4 Å². The van der Waals surface area contributed by atoms with Gasteiger partial charge in [0.1, 0.15) is 10.6 Å². The molecule has 3 rings (SSSR count). The SMILES string of the molecule is Cc1noc(C)c1S(=O)(=O)N[C@@H](C)C(=O)Nc1cnc2c(cnn2C(C)C)c1. The predicted octanol–water partition coefficient (Wildman–Crippen LogP) is 1.92. The van der Waals surface area contributed by atoms with Crippen molar-refractivity contribution >= 4 is 32.7 Å². The molecule has 11 heteroatoms. The maximum Gasteiger partial charge on any atom is 0.246 e. The van der Waals surface area contributed by atoms with Crippen LogP contribution in [0.25, 0.3) is 11.0 Å². The summed E-state index contributed by atoms with van der Waals surface area (Å²) in [6.45, 7) is 8.46. The largest absolute Gasteiger partial charge is 0.360 e. The zero-order valence-electron chi connectivity index (χ0n) is 16.2. The first-order valence-corrected chi connectivity index (χ1v) is 10.2. The number of hydrogen-bond acceptors (Lipinski definition) is 7. The van der Waals surface area contributed by atoms with Crippen molar-refractivity contribution in [3.05, 3.63) is 29.9 Å². The molecule has 0 saturated carbocycles. The van der Waals surface area contributed by atoms with Crippen molar-refractivity contribution in [3.8, 4) is 0 Å². The van der Waals surface area contributed by atoms with Gasteiger partial charge >= 0.3 is 0 Å². The number of anilines is 1. The van der Waals surface area contributed by atoms with E-state index in [2.05, 4.69) is 25.3 Å². The Bertz CT molecular complexity index is 1110. The quantitative estimate of drug-likeness (QED) is 0.639. The summed E-state index contributed by atoms with van der Waals surface area (Å²) in [4.78, 5) is 16.7. The molecule has 0 unspecified atom stereocenters. The van der Waals surface area contributed by atoms with Gasteiger partial charge in [-0.05, 0) is 40.7 Å². The number of aromatic nitrogens is 4. The Hall–Kier alpha value is -2.79. The maximum atomic E-state index is 12.5. The van der Waals surface area contributed by atoms with Crippen LogP contribution >= 0.6 is 0 Å². The van der Waals surface area contributed by atoms with Crippen LogP contribution in [-0.4, -0.2) is 40.3 Å². The molecule has 0 aliphatic carbocycles. The van der Waals surface area contributed by atoms with E-state index in [0.717, 1.165) is 5.39 Å². The Morgan fingerprint density at radius 3 is 2.54 bits per heavy atom. The highest BCUT2D eigenvalue weighted by molar-refractivity contribution is 7.89. The molecular weight excluding hydrogens is 384 g/mol. The maximum absolute atomic E-state index is 12.5. The second-order valence-corrected chi connectivity index (χ2v) is 8.46. The normalized spacial score (nSPS) is 13.2. The summed E-state index contributed by atoms with van der Waals surface area (Å²) < 4.78 is 34.1. The number of amides is 1. The number of carbonyl (C=O) groups is 1. The van der Waals surface area contributed by atoms with Crippen LogP contribution in [0.1, 0.15) is 38.3 Å². The van der Waals surface area contributed by atoms with Gasteiger partial charge < -0.3 is 9.84 Å². The number of fused-ring (bicyclic) bond motifs is 1. The smallest absolute Gasteiger partial charge is 0.246 e. The summed E-state index contributed by atoms with van der Waals surface area (Å²) in [7, 11) is -3.95. The molecule has 0 spiro atoms. The average molecular weight is 406 g/mol. The number of aryl methyl sites for hydroxylation is 2. The second kappa shape index (κ2) is 7.32. The molecule has 0 aliphatic rings. The van der Waals surface area contributed by atoms with E-state index >= 15 is 0 Å². The molecule has 10 nitrogen and oxygen atoms in total. The van der Waals surface area contributed by atoms with Crippen LogP contribution in [0, 0.1) is 13.8 Å². The Kier molecular flexibility index (Phi) is 5.22. The highest BCUT2D eigenvalue weighted by Gasteiger charge is 2.28. The van der Waals surface area contributed by atoms with E-state index in [-0.39, 0.29) is 22.4 Å². The van der Waals surface area contributed by atoms with Crippen LogP contribution in [0.4, 0.5) is 5.69 Å². The molecule has 1 atom stereocenters. The van der Waals surface area contributed by atoms with Crippen LogP contribution in [0.15, 0.2) is 27.9 Å². The van der Waals surface area contributed by atoms with E-state index in [1.165, 1.54) is 27.0 Å². The van der Waals surface area contributed by atoms with Gasteiger partial charge in [0.05, 0.1) is 24.1 Å². The van der Waals surface area contributed by atoms with E-state index in [0.29, 0.717) is 11.3 Å². The summed E-state index contributed by atoms with van der Waals surface area (Å²) in [5.41, 5.74) is 1.39. The number of pyridine rings is 1. The van der Waals surface area contributed by atoms with Crippen molar-refractivity contribution in [1.82, 2.24) is 24.6 Å². The van der Waals surface area contributed by atoms with Gasteiger partial charge in [-0.3, -0.25) is 4.79 Å². The van der Waals surface area contributed by atoms with Crippen molar-refractivity contribution in [3.63, 3.8) is 0 Å². The van der Waals surface area contributed by atoms with Gasteiger partial charge in [0.25, 0.3) is 0 Å². The van der Waals surface area contributed by atoms with Gasteiger partial charge in [-0.15, -0.1) is 0 Å². The standard InChI is InChI=1S/C17H22N6O4S/c1-9(2)23-16-13(7-19-23)6-14(8-18-16)20-17(24)11(4)22-28(25,26)15-10(3)21-27-12(15)5/h6-9,11,22H,1-5H3,(H,20,24)/t11-/m0/s1.